The second-order valence-electron chi connectivity index (χ2n) is 9.20. The number of morpholine rings is 1. The molecule has 2 fully saturated rings. The molecule has 30 heavy (non-hydrogen) atoms. The van der Waals surface area contributed by atoms with E-state index in [0.717, 1.165) is 51.9 Å². The summed E-state index contributed by atoms with van der Waals surface area (Å²) in [5, 5.41) is 3.44. The first-order valence-electron chi connectivity index (χ1n) is 11.0. The number of nitrogens with one attached hydrogen (secondary N) is 1. The molecule has 0 spiro atoms. The monoisotopic (exact) mass is 539 g/mol. The van der Waals surface area contributed by atoms with Crippen molar-refractivity contribution in [1.29, 1.82) is 0 Å². The zero-order chi connectivity index (χ0) is 21.4. The summed E-state index contributed by atoms with van der Waals surface area (Å²) in [6.07, 6.45) is 0.884. The summed E-state index contributed by atoms with van der Waals surface area (Å²) in [5.74, 6) is 1.23. The third kappa shape index (κ3) is 9.13. The average Bonchev–Trinajstić information content (AvgIpc) is 3.14. The smallest absolute Gasteiger partial charge is 0.410 e. The highest BCUT2D eigenvalue weighted by molar-refractivity contribution is 14.0. The van der Waals surface area contributed by atoms with Crippen LogP contribution in [0.25, 0.3) is 0 Å². The zero-order valence-electron chi connectivity index (χ0n) is 19.6. The highest BCUT2D eigenvalue weighted by Gasteiger charge is 2.30. The molecule has 0 aromatic carbocycles. The predicted molar refractivity (Wildman–Crippen MR) is 132 cm³/mol. The van der Waals surface area contributed by atoms with Gasteiger partial charge in [0.05, 0.1) is 13.2 Å². The number of likely N-dealkylation sites (tertiary alicyclic amines) is 1. The Kier molecular flexibility index (Phi) is 11.7. The molecule has 8 nitrogen and oxygen atoms in total. The molecule has 2 atom stereocenters. The quantitative estimate of drug-likeness (QED) is 0.318. The van der Waals surface area contributed by atoms with E-state index in [9.17, 15) is 4.79 Å². The van der Waals surface area contributed by atoms with E-state index in [0.29, 0.717) is 19.1 Å². The summed E-state index contributed by atoms with van der Waals surface area (Å²) in [6, 6.07) is 0.582. The van der Waals surface area contributed by atoms with Crippen molar-refractivity contribution in [3.8, 4) is 0 Å². The number of hydrogen-bond acceptors (Lipinski definition) is 5. The van der Waals surface area contributed by atoms with Crippen LogP contribution in [0.1, 0.15) is 41.0 Å². The first-order valence-corrected chi connectivity index (χ1v) is 11.0. The molecule has 0 saturated carbocycles. The summed E-state index contributed by atoms with van der Waals surface area (Å²) in [5.41, 5.74) is -0.474. The molecule has 2 heterocycles. The Morgan fingerprint density at radius 2 is 1.97 bits per heavy atom. The van der Waals surface area contributed by atoms with Crippen LogP contribution in [0.5, 0.6) is 0 Å². The average molecular weight is 540 g/mol. The molecular formula is C21H42IN5O3. The minimum Gasteiger partial charge on any atom is -0.444 e. The highest BCUT2D eigenvalue weighted by atomic mass is 127. The third-order valence-electron chi connectivity index (χ3n) is 5.20. The Morgan fingerprint density at radius 3 is 2.57 bits per heavy atom. The molecule has 2 aliphatic heterocycles. The summed E-state index contributed by atoms with van der Waals surface area (Å²) in [4.78, 5) is 23.6. The van der Waals surface area contributed by atoms with Crippen LogP contribution >= 0.6 is 24.0 Å². The van der Waals surface area contributed by atoms with Crippen molar-refractivity contribution in [2.45, 2.75) is 52.7 Å². The molecular weight excluding hydrogens is 497 g/mol. The van der Waals surface area contributed by atoms with Gasteiger partial charge in [0, 0.05) is 58.9 Å². The Balaban J connectivity index is 0.00000450. The fraction of sp³-hybridized carbons (Fsp3) is 0.905. The molecule has 2 rings (SSSR count). The van der Waals surface area contributed by atoms with Crippen molar-refractivity contribution in [2.24, 2.45) is 10.9 Å². The summed E-state index contributed by atoms with van der Waals surface area (Å²) >= 11 is 0. The van der Waals surface area contributed by atoms with Crippen LogP contribution in [0.2, 0.25) is 0 Å². The van der Waals surface area contributed by atoms with Gasteiger partial charge in [-0.05, 0) is 40.0 Å². The second-order valence-corrected chi connectivity index (χ2v) is 9.20. The number of aliphatic imine (C=N–C) groups is 1. The first kappa shape index (κ1) is 27.2. The maximum atomic E-state index is 12.2. The molecule has 0 radical (unpaired) electrons. The van der Waals surface area contributed by atoms with Crippen LogP contribution in [0, 0.1) is 5.92 Å². The number of amides is 1. The van der Waals surface area contributed by atoms with Gasteiger partial charge >= 0.3 is 6.09 Å². The minimum atomic E-state index is -0.474. The topological polar surface area (TPSA) is 69.6 Å². The van der Waals surface area contributed by atoms with E-state index in [2.05, 4.69) is 29.0 Å². The third-order valence-corrected chi connectivity index (χ3v) is 5.20. The van der Waals surface area contributed by atoms with E-state index in [1.165, 1.54) is 6.42 Å². The standard InChI is InChI=1S/C21H41N5O3.HI/c1-7-22-19(26-9-8-18(16-26)25-10-12-28-13-11-25)23-14-17(2)15-24(6)20(27)29-21(3,4)5;/h17-18H,7-16H2,1-6H3,(H,22,23);1H. The van der Waals surface area contributed by atoms with E-state index in [1.807, 2.05) is 20.8 Å². The highest BCUT2D eigenvalue weighted by Crippen LogP contribution is 2.17. The maximum Gasteiger partial charge on any atom is 0.410 e. The van der Waals surface area contributed by atoms with Crippen LogP contribution in [0.3, 0.4) is 0 Å². The number of carbonyl (C=O) groups is 1. The maximum absolute atomic E-state index is 12.2. The summed E-state index contributed by atoms with van der Waals surface area (Å²) in [7, 11) is 1.78. The van der Waals surface area contributed by atoms with Crippen molar-refractivity contribution in [3.05, 3.63) is 0 Å². The largest absolute Gasteiger partial charge is 0.444 e. The predicted octanol–water partition coefficient (Wildman–Crippen LogP) is 2.48. The summed E-state index contributed by atoms with van der Waals surface area (Å²) < 4.78 is 10.9. The second kappa shape index (κ2) is 12.9. The Morgan fingerprint density at radius 1 is 1.30 bits per heavy atom. The number of carbonyl (C=O) groups excluding carboxylic acids is 1. The van der Waals surface area contributed by atoms with Gasteiger partial charge in [-0.15, -0.1) is 24.0 Å². The first-order chi connectivity index (χ1) is 13.7. The lowest BCUT2D eigenvalue weighted by Crippen LogP contribution is -2.46. The fourth-order valence-corrected chi connectivity index (χ4v) is 3.78. The number of halogens is 1. The summed E-state index contributed by atoms with van der Waals surface area (Å²) in [6.45, 7) is 17.8. The van der Waals surface area contributed by atoms with Crippen LogP contribution in [0.15, 0.2) is 4.99 Å². The Hall–Kier alpha value is -0.810. The molecule has 0 aromatic heterocycles. The lowest BCUT2D eigenvalue weighted by Gasteiger charge is -2.32. The van der Waals surface area contributed by atoms with E-state index < -0.39 is 5.60 Å². The van der Waals surface area contributed by atoms with E-state index in [-0.39, 0.29) is 36.0 Å². The van der Waals surface area contributed by atoms with Crippen molar-refractivity contribution < 1.29 is 14.3 Å². The van der Waals surface area contributed by atoms with Crippen molar-refractivity contribution in [3.63, 3.8) is 0 Å². The lowest BCUT2D eigenvalue weighted by molar-refractivity contribution is 0.0195. The van der Waals surface area contributed by atoms with Crippen molar-refractivity contribution in [2.75, 3.05) is 66.1 Å². The van der Waals surface area contributed by atoms with Crippen LogP contribution < -0.4 is 5.32 Å². The normalized spacial score (nSPS) is 21.7. The van der Waals surface area contributed by atoms with Gasteiger partial charge in [-0.25, -0.2) is 4.79 Å². The van der Waals surface area contributed by atoms with Gasteiger partial charge in [-0.3, -0.25) is 9.89 Å². The molecule has 2 unspecified atom stereocenters. The molecule has 9 heteroatoms. The van der Waals surface area contributed by atoms with E-state index in [4.69, 9.17) is 14.5 Å². The van der Waals surface area contributed by atoms with Crippen LogP contribution in [-0.2, 0) is 9.47 Å². The van der Waals surface area contributed by atoms with Crippen molar-refractivity contribution >= 4 is 36.0 Å². The molecule has 2 saturated heterocycles. The molecule has 176 valence electrons. The molecule has 1 N–H and O–H groups in total. The number of guanidine groups is 1. The van der Waals surface area contributed by atoms with Crippen LogP contribution in [0.4, 0.5) is 4.79 Å². The van der Waals surface area contributed by atoms with Gasteiger partial charge in [0.15, 0.2) is 5.96 Å². The number of nitrogens with zero attached hydrogens (tertiary/aromatic N) is 4. The molecule has 1 amide bonds. The number of hydrogen-bond donors (Lipinski definition) is 1. The zero-order valence-corrected chi connectivity index (χ0v) is 22.0. The Bertz CT molecular complexity index is 549. The SMILES string of the molecule is CCNC(=NCC(C)CN(C)C(=O)OC(C)(C)C)N1CCC(N2CCOCC2)C1.I. The lowest BCUT2D eigenvalue weighted by atomic mass is 10.2. The van der Waals surface area contributed by atoms with Gasteiger partial charge < -0.3 is 24.6 Å². The molecule has 0 aliphatic carbocycles. The van der Waals surface area contributed by atoms with E-state index >= 15 is 0 Å². The molecule has 0 bridgehead atoms. The Labute approximate surface area is 199 Å². The number of ether oxygens (including phenoxy) is 2. The fourth-order valence-electron chi connectivity index (χ4n) is 3.78. The van der Waals surface area contributed by atoms with Gasteiger partial charge in [0.2, 0.25) is 0 Å². The van der Waals surface area contributed by atoms with Gasteiger partial charge in [0.25, 0.3) is 0 Å². The minimum absolute atomic E-state index is 0. The molecule has 0 aromatic rings. The van der Waals surface area contributed by atoms with Crippen molar-refractivity contribution in [1.82, 2.24) is 20.0 Å². The van der Waals surface area contributed by atoms with Gasteiger partial charge in [0.1, 0.15) is 5.60 Å². The molecule has 2 aliphatic rings. The van der Waals surface area contributed by atoms with Gasteiger partial charge in [-0.2, -0.15) is 0 Å². The van der Waals surface area contributed by atoms with Gasteiger partial charge in [-0.1, -0.05) is 6.92 Å². The van der Waals surface area contributed by atoms with E-state index in [1.54, 1.807) is 11.9 Å². The number of rotatable bonds is 6. The van der Waals surface area contributed by atoms with Crippen LogP contribution in [-0.4, -0.2) is 104 Å².